The van der Waals surface area contributed by atoms with E-state index < -0.39 is 15.8 Å². The summed E-state index contributed by atoms with van der Waals surface area (Å²) in [6.07, 6.45) is 4.87. The van der Waals surface area contributed by atoms with E-state index in [2.05, 4.69) is 20.4 Å². The monoisotopic (exact) mass is 467 g/mol. The summed E-state index contributed by atoms with van der Waals surface area (Å²) in [4.78, 5) is 9.80. The maximum absolute atomic E-state index is 15.1. The van der Waals surface area contributed by atoms with Crippen LogP contribution in [0.4, 0.5) is 16.0 Å². The van der Waals surface area contributed by atoms with Crippen molar-refractivity contribution in [3.63, 3.8) is 0 Å². The maximum Gasteiger partial charge on any atom is 0.238 e. The number of anilines is 2. The van der Waals surface area contributed by atoms with Crippen LogP contribution in [0, 0.1) is 5.82 Å². The van der Waals surface area contributed by atoms with Crippen molar-refractivity contribution in [3.05, 3.63) is 90.3 Å². The van der Waals surface area contributed by atoms with E-state index in [1.54, 1.807) is 35.0 Å². The molecule has 0 aliphatic carbocycles. The fourth-order valence-corrected chi connectivity index (χ4v) is 3.77. The molecule has 9 nitrogen and oxygen atoms in total. The first-order valence-electron chi connectivity index (χ1n) is 9.97. The molecule has 4 aromatic rings. The molecule has 2 heterocycles. The quantitative estimate of drug-likeness (QED) is 0.409. The Morgan fingerprint density at radius 2 is 1.76 bits per heavy atom. The van der Waals surface area contributed by atoms with Gasteiger partial charge in [-0.2, -0.15) is 9.49 Å². The van der Waals surface area contributed by atoms with Gasteiger partial charge < -0.3 is 10.2 Å². The van der Waals surface area contributed by atoms with Crippen molar-refractivity contribution in [2.24, 2.45) is 5.14 Å². The third-order valence-electron chi connectivity index (χ3n) is 4.97. The van der Waals surface area contributed by atoms with Crippen LogP contribution in [-0.2, 0) is 23.1 Å². The van der Waals surface area contributed by atoms with Crippen LogP contribution in [0.1, 0.15) is 11.1 Å². The normalized spacial score (nSPS) is 11.4. The first-order chi connectivity index (χ1) is 15.8. The minimum Gasteiger partial charge on any atom is -0.363 e. The molecule has 2 aromatic heterocycles. The largest absolute Gasteiger partial charge is 0.363 e. The molecule has 11 heteroatoms. The number of halogens is 1. The van der Waals surface area contributed by atoms with E-state index in [1.165, 1.54) is 18.5 Å². The molecule has 0 aliphatic rings. The highest BCUT2D eigenvalue weighted by Gasteiger charge is 2.15. The van der Waals surface area contributed by atoms with Crippen molar-refractivity contribution in [1.29, 1.82) is 0 Å². The van der Waals surface area contributed by atoms with E-state index in [0.29, 0.717) is 6.54 Å². The topological polar surface area (TPSA) is 119 Å². The molecule has 0 atom stereocenters. The molecule has 0 spiro atoms. The predicted molar refractivity (Wildman–Crippen MR) is 123 cm³/mol. The van der Waals surface area contributed by atoms with E-state index in [0.717, 1.165) is 16.8 Å². The Bertz CT molecular complexity index is 1330. The Hall–Kier alpha value is -3.83. The highest BCUT2D eigenvalue weighted by Crippen LogP contribution is 2.23. The van der Waals surface area contributed by atoms with E-state index in [-0.39, 0.29) is 23.1 Å². The van der Waals surface area contributed by atoms with Gasteiger partial charge in [0, 0.05) is 32.5 Å². The average Bonchev–Trinajstić information content (AvgIpc) is 3.33. The Kier molecular flexibility index (Phi) is 6.33. The standard InChI is InChI=1S/C22H22FN7O2S/c1-29(14-17-3-7-18(8-4-17)30-12-2-11-28-30)22-20(23)21(26-15-27-22)25-13-16-5-9-19(10-6-16)33(24,31)32/h2-12,15H,13-14H2,1H3,(H2,24,31,32)(H,25,26,27). The number of nitrogens with two attached hydrogens (primary N) is 1. The van der Waals surface area contributed by atoms with E-state index in [4.69, 9.17) is 5.14 Å². The van der Waals surface area contributed by atoms with Crippen LogP contribution in [0.25, 0.3) is 5.69 Å². The zero-order chi connectivity index (χ0) is 23.4. The van der Waals surface area contributed by atoms with Gasteiger partial charge in [-0.3, -0.25) is 0 Å². The van der Waals surface area contributed by atoms with Crippen LogP contribution in [0.2, 0.25) is 0 Å². The SMILES string of the molecule is CN(Cc1ccc(-n2cccn2)cc1)c1ncnc(NCc2ccc(S(N)(=O)=O)cc2)c1F. The summed E-state index contributed by atoms with van der Waals surface area (Å²) in [6, 6.07) is 15.7. The molecule has 0 unspecified atom stereocenters. The lowest BCUT2D eigenvalue weighted by molar-refractivity contribution is 0.598. The number of hydrogen-bond donors (Lipinski definition) is 2. The van der Waals surface area contributed by atoms with Gasteiger partial charge in [0.2, 0.25) is 15.8 Å². The van der Waals surface area contributed by atoms with Gasteiger partial charge in [-0.25, -0.2) is 28.2 Å². The first-order valence-corrected chi connectivity index (χ1v) is 11.5. The minimum atomic E-state index is -3.76. The molecule has 0 saturated heterocycles. The molecule has 2 aromatic carbocycles. The minimum absolute atomic E-state index is 0.0148. The molecule has 33 heavy (non-hydrogen) atoms. The van der Waals surface area contributed by atoms with Gasteiger partial charge in [-0.1, -0.05) is 24.3 Å². The zero-order valence-corrected chi connectivity index (χ0v) is 18.6. The van der Waals surface area contributed by atoms with Gasteiger partial charge in [0.15, 0.2) is 11.6 Å². The second kappa shape index (κ2) is 9.35. The number of sulfonamides is 1. The highest BCUT2D eigenvalue weighted by molar-refractivity contribution is 7.89. The van der Waals surface area contributed by atoms with Crippen LogP contribution in [0.15, 0.2) is 78.2 Å². The summed E-state index contributed by atoms with van der Waals surface area (Å²) in [5.74, 6) is -0.362. The van der Waals surface area contributed by atoms with Crippen LogP contribution in [0.3, 0.4) is 0 Å². The van der Waals surface area contributed by atoms with Crippen molar-refractivity contribution in [2.45, 2.75) is 18.0 Å². The van der Waals surface area contributed by atoms with E-state index >= 15 is 4.39 Å². The molecule has 0 radical (unpaired) electrons. The Morgan fingerprint density at radius 3 is 2.39 bits per heavy atom. The molecule has 3 N–H and O–H groups in total. The summed E-state index contributed by atoms with van der Waals surface area (Å²) in [7, 11) is -2.01. The van der Waals surface area contributed by atoms with Crippen molar-refractivity contribution >= 4 is 21.7 Å². The number of primary sulfonamides is 1. The second-order valence-corrected chi connectivity index (χ2v) is 8.94. The number of benzene rings is 2. The molecule has 0 aliphatic heterocycles. The van der Waals surface area contributed by atoms with Crippen molar-refractivity contribution in [3.8, 4) is 5.69 Å². The van der Waals surface area contributed by atoms with Crippen LogP contribution in [-0.4, -0.2) is 35.2 Å². The lowest BCUT2D eigenvalue weighted by Crippen LogP contribution is -2.20. The number of rotatable bonds is 8. The lowest BCUT2D eigenvalue weighted by atomic mass is 10.2. The molecular formula is C22H22FN7O2S. The summed E-state index contributed by atoms with van der Waals surface area (Å²) < 4.78 is 39.5. The molecule has 0 amide bonds. The summed E-state index contributed by atoms with van der Waals surface area (Å²) >= 11 is 0. The van der Waals surface area contributed by atoms with Crippen LogP contribution in [0.5, 0.6) is 0 Å². The summed E-state index contributed by atoms with van der Waals surface area (Å²) in [5, 5.41) is 12.2. The zero-order valence-electron chi connectivity index (χ0n) is 17.8. The molecular weight excluding hydrogens is 445 g/mol. The number of nitrogens with zero attached hydrogens (tertiary/aromatic N) is 5. The average molecular weight is 468 g/mol. The predicted octanol–water partition coefficient (Wildman–Crippen LogP) is 2.70. The lowest BCUT2D eigenvalue weighted by Gasteiger charge is -2.20. The second-order valence-electron chi connectivity index (χ2n) is 7.38. The fraction of sp³-hybridized carbons (Fsp3) is 0.136. The molecule has 0 bridgehead atoms. The smallest absolute Gasteiger partial charge is 0.238 e. The third-order valence-corrected chi connectivity index (χ3v) is 5.90. The molecule has 4 rings (SSSR count). The van der Waals surface area contributed by atoms with Crippen molar-refractivity contribution in [2.75, 3.05) is 17.3 Å². The molecule has 170 valence electrons. The number of nitrogens with one attached hydrogen (secondary N) is 1. The number of hydrogen-bond acceptors (Lipinski definition) is 7. The third kappa shape index (κ3) is 5.33. The van der Waals surface area contributed by atoms with Crippen molar-refractivity contribution in [1.82, 2.24) is 19.7 Å². The fourth-order valence-electron chi connectivity index (χ4n) is 3.26. The van der Waals surface area contributed by atoms with Gasteiger partial charge in [0.05, 0.1) is 10.6 Å². The summed E-state index contributed by atoms with van der Waals surface area (Å²) in [6.45, 7) is 0.693. The van der Waals surface area contributed by atoms with Gasteiger partial charge in [-0.05, 0) is 41.5 Å². The Morgan fingerprint density at radius 1 is 1.06 bits per heavy atom. The summed E-state index contributed by atoms with van der Waals surface area (Å²) in [5.41, 5.74) is 2.66. The van der Waals surface area contributed by atoms with Gasteiger partial charge in [0.1, 0.15) is 6.33 Å². The van der Waals surface area contributed by atoms with Gasteiger partial charge in [0.25, 0.3) is 0 Å². The van der Waals surface area contributed by atoms with E-state index in [1.807, 2.05) is 36.5 Å². The Labute approximate surface area is 190 Å². The van der Waals surface area contributed by atoms with E-state index in [9.17, 15) is 8.42 Å². The maximum atomic E-state index is 15.1. The Balaban J connectivity index is 1.43. The van der Waals surface area contributed by atoms with Crippen LogP contribution >= 0.6 is 0 Å². The highest BCUT2D eigenvalue weighted by atomic mass is 32.2. The van der Waals surface area contributed by atoms with Gasteiger partial charge >= 0.3 is 0 Å². The number of aromatic nitrogens is 4. The molecule has 0 saturated carbocycles. The molecule has 0 fully saturated rings. The van der Waals surface area contributed by atoms with Crippen LogP contribution < -0.4 is 15.4 Å². The van der Waals surface area contributed by atoms with Gasteiger partial charge in [-0.15, -0.1) is 0 Å². The first kappa shape index (κ1) is 22.4. The van der Waals surface area contributed by atoms with Crippen molar-refractivity contribution < 1.29 is 12.8 Å².